The zero-order chi connectivity index (χ0) is 26.2. The van der Waals surface area contributed by atoms with Crippen molar-refractivity contribution in [2.75, 3.05) is 0 Å². The van der Waals surface area contributed by atoms with Crippen molar-refractivity contribution >= 4 is 59.9 Å². The maximum atomic E-state index is 4.95. The topological polar surface area (TPSA) is 22.2 Å². The van der Waals surface area contributed by atoms with Crippen LogP contribution in [0.3, 0.4) is 0 Å². The Morgan fingerprint density at radius 1 is 0.450 bits per heavy atom. The third-order valence-electron chi connectivity index (χ3n) is 8.32. The number of nitrogens with zero attached hydrogens (tertiary/aromatic N) is 3. The highest BCUT2D eigenvalue weighted by molar-refractivity contribution is 6.27. The van der Waals surface area contributed by atoms with E-state index in [1.807, 2.05) is 6.20 Å². The second kappa shape index (κ2) is 8.05. The monoisotopic (exact) mass is 509 g/mol. The fourth-order valence-electron chi connectivity index (χ4n) is 6.62. The number of aromatic nitrogens is 3. The number of rotatable bonds is 2. The molecule has 0 saturated carbocycles. The van der Waals surface area contributed by atoms with Crippen molar-refractivity contribution in [1.82, 2.24) is 14.0 Å². The average molecular weight is 510 g/mol. The van der Waals surface area contributed by atoms with Crippen LogP contribution in [0, 0.1) is 0 Å². The van der Waals surface area contributed by atoms with Gasteiger partial charge in [0.15, 0.2) is 0 Å². The Bertz CT molecular complexity index is 2430. The number of fused-ring (bicyclic) bond motifs is 12. The minimum atomic E-state index is 0.918. The molecule has 4 heterocycles. The van der Waals surface area contributed by atoms with Crippen molar-refractivity contribution in [2.24, 2.45) is 0 Å². The van der Waals surface area contributed by atoms with Gasteiger partial charge in [-0.15, -0.1) is 0 Å². The highest BCUT2D eigenvalue weighted by Gasteiger charge is 2.20. The van der Waals surface area contributed by atoms with Crippen LogP contribution in [0.25, 0.3) is 76.8 Å². The summed E-state index contributed by atoms with van der Waals surface area (Å²) >= 11 is 0. The Balaban J connectivity index is 1.52. The molecule has 5 aromatic carbocycles. The quantitative estimate of drug-likeness (QED) is 0.213. The molecule has 186 valence electrons. The van der Waals surface area contributed by atoms with Gasteiger partial charge in [-0.2, -0.15) is 0 Å². The summed E-state index contributed by atoms with van der Waals surface area (Å²) in [5, 5.41) is 7.45. The van der Waals surface area contributed by atoms with E-state index in [1.54, 1.807) is 0 Å². The van der Waals surface area contributed by atoms with Gasteiger partial charge in [0.05, 0.1) is 27.6 Å². The van der Waals surface area contributed by atoms with E-state index in [1.165, 1.54) is 59.9 Å². The Morgan fingerprint density at radius 2 is 1.15 bits per heavy atom. The third kappa shape index (κ3) is 2.86. The van der Waals surface area contributed by atoms with Crippen molar-refractivity contribution in [3.8, 4) is 16.9 Å². The van der Waals surface area contributed by atoms with E-state index in [0.717, 1.165) is 16.9 Å². The molecular weight excluding hydrogens is 486 g/mol. The number of pyridine rings is 2. The summed E-state index contributed by atoms with van der Waals surface area (Å²) in [5.74, 6) is 0.918. The summed E-state index contributed by atoms with van der Waals surface area (Å²) in [4.78, 5) is 4.95. The van der Waals surface area contributed by atoms with E-state index in [0.29, 0.717) is 0 Å². The van der Waals surface area contributed by atoms with Gasteiger partial charge in [0.25, 0.3) is 0 Å². The summed E-state index contributed by atoms with van der Waals surface area (Å²) in [6, 6.07) is 47.9. The van der Waals surface area contributed by atoms with Crippen LogP contribution in [0.15, 0.2) is 140 Å². The van der Waals surface area contributed by atoms with Crippen LogP contribution in [0.5, 0.6) is 0 Å². The highest BCUT2D eigenvalue weighted by atomic mass is 15.1. The van der Waals surface area contributed by atoms with Gasteiger partial charge in [0.1, 0.15) is 5.82 Å². The van der Waals surface area contributed by atoms with Crippen LogP contribution in [0.2, 0.25) is 0 Å². The second-order valence-electron chi connectivity index (χ2n) is 10.4. The van der Waals surface area contributed by atoms with Crippen LogP contribution in [0.1, 0.15) is 0 Å². The first-order valence-electron chi connectivity index (χ1n) is 13.7. The molecule has 0 atom stereocenters. The molecule has 0 bridgehead atoms. The van der Waals surface area contributed by atoms with Gasteiger partial charge in [-0.3, -0.25) is 4.57 Å². The van der Waals surface area contributed by atoms with Crippen molar-refractivity contribution in [2.45, 2.75) is 0 Å². The molecule has 0 aliphatic heterocycles. The molecule has 0 aliphatic carbocycles. The van der Waals surface area contributed by atoms with Crippen LogP contribution < -0.4 is 0 Å². The van der Waals surface area contributed by atoms with E-state index in [4.69, 9.17) is 4.98 Å². The second-order valence-corrected chi connectivity index (χ2v) is 10.4. The molecule has 3 nitrogen and oxygen atoms in total. The molecule has 0 radical (unpaired) electrons. The predicted molar refractivity (Wildman–Crippen MR) is 167 cm³/mol. The molecule has 0 fully saturated rings. The van der Waals surface area contributed by atoms with Crippen molar-refractivity contribution in [3.05, 3.63) is 140 Å². The minimum absolute atomic E-state index is 0.918. The Hall–Kier alpha value is -5.41. The molecule has 0 spiro atoms. The van der Waals surface area contributed by atoms with Gasteiger partial charge >= 0.3 is 0 Å². The summed E-state index contributed by atoms with van der Waals surface area (Å²) in [6.07, 6.45) is 1.93. The summed E-state index contributed by atoms with van der Waals surface area (Å²) < 4.78 is 4.80. The van der Waals surface area contributed by atoms with E-state index >= 15 is 0 Å². The molecular formula is C37H23N3. The lowest BCUT2D eigenvalue weighted by Gasteiger charge is -2.14. The first-order chi connectivity index (χ1) is 19.9. The standard InChI is InChI=1S/C37H23N3/c1-2-10-24(11-3-1)25-20-21-38-35(23-25)40-32-17-9-7-14-28(32)30-18-19-33-36(37(30)40)29-15-6-5-13-27(29)34-22-26-12-4-8-16-31(26)39(33)34/h1-23H. The van der Waals surface area contributed by atoms with Gasteiger partial charge in [-0.1, -0.05) is 97.1 Å². The zero-order valence-electron chi connectivity index (χ0n) is 21.6. The lowest BCUT2D eigenvalue weighted by Crippen LogP contribution is -1.99. The molecule has 0 saturated heterocycles. The first-order valence-corrected chi connectivity index (χ1v) is 13.7. The normalized spacial score (nSPS) is 12.0. The van der Waals surface area contributed by atoms with Gasteiger partial charge < -0.3 is 4.40 Å². The summed E-state index contributed by atoms with van der Waals surface area (Å²) in [7, 11) is 0. The van der Waals surface area contributed by atoms with Gasteiger partial charge in [0.2, 0.25) is 0 Å². The van der Waals surface area contributed by atoms with Crippen LogP contribution >= 0.6 is 0 Å². The highest BCUT2D eigenvalue weighted by Crippen LogP contribution is 2.42. The van der Waals surface area contributed by atoms with Crippen LogP contribution in [-0.4, -0.2) is 14.0 Å². The van der Waals surface area contributed by atoms with E-state index in [9.17, 15) is 0 Å². The summed E-state index contributed by atoms with van der Waals surface area (Å²) in [6.45, 7) is 0. The first kappa shape index (κ1) is 21.5. The number of para-hydroxylation sites is 2. The van der Waals surface area contributed by atoms with Gasteiger partial charge in [-0.05, 0) is 52.9 Å². The molecule has 3 heteroatoms. The van der Waals surface area contributed by atoms with Crippen LogP contribution in [-0.2, 0) is 0 Å². The molecule has 0 aliphatic rings. The lowest BCUT2D eigenvalue weighted by molar-refractivity contribution is 1.08. The lowest BCUT2D eigenvalue weighted by atomic mass is 10.0. The molecule has 40 heavy (non-hydrogen) atoms. The predicted octanol–water partition coefficient (Wildman–Crippen LogP) is 9.56. The van der Waals surface area contributed by atoms with Crippen molar-refractivity contribution in [1.29, 1.82) is 0 Å². The van der Waals surface area contributed by atoms with Crippen molar-refractivity contribution < 1.29 is 0 Å². The molecule has 9 rings (SSSR count). The number of benzene rings is 5. The maximum Gasteiger partial charge on any atom is 0.138 e. The SMILES string of the molecule is c1ccc(-c2ccnc(-n3c4ccccc4c4ccc5c(c6ccccc6c6cc7ccccc7n65)c43)c2)cc1. The zero-order valence-corrected chi connectivity index (χ0v) is 21.6. The van der Waals surface area contributed by atoms with E-state index < -0.39 is 0 Å². The van der Waals surface area contributed by atoms with E-state index in [-0.39, 0.29) is 0 Å². The molecule has 9 aromatic rings. The fourth-order valence-corrected chi connectivity index (χ4v) is 6.62. The number of hydrogen-bond acceptors (Lipinski definition) is 1. The molecule has 0 N–H and O–H groups in total. The molecule has 0 amide bonds. The van der Waals surface area contributed by atoms with Gasteiger partial charge in [0, 0.05) is 33.1 Å². The van der Waals surface area contributed by atoms with Gasteiger partial charge in [-0.25, -0.2) is 4.98 Å². The third-order valence-corrected chi connectivity index (χ3v) is 8.32. The maximum absolute atomic E-state index is 4.95. The van der Waals surface area contributed by atoms with Crippen LogP contribution in [0.4, 0.5) is 0 Å². The number of hydrogen-bond donors (Lipinski definition) is 0. The Morgan fingerprint density at radius 3 is 2.00 bits per heavy atom. The fraction of sp³-hybridized carbons (Fsp3) is 0. The molecule has 0 unspecified atom stereocenters. The largest absolute Gasteiger partial charge is 0.309 e. The molecule has 4 aromatic heterocycles. The minimum Gasteiger partial charge on any atom is -0.309 e. The smallest absolute Gasteiger partial charge is 0.138 e. The average Bonchev–Trinajstić information content (AvgIpc) is 3.58. The van der Waals surface area contributed by atoms with Crippen molar-refractivity contribution in [3.63, 3.8) is 0 Å². The Labute approximate surface area is 230 Å². The van der Waals surface area contributed by atoms with E-state index in [2.05, 4.69) is 142 Å². The summed E-state index contributed by atoms with van der Waals surface area (Å²) in [5.41, 5.74) is 8.33. The Kier molecular flexibility index (Phi) is 4.33.